The predicted octanol–water partition coefficient (Wildman–Crippen LogP) is 3.80. The number of anilines is 1. The summed E-state index contributed by atoms with van der Waals surface area (Å²) in [6.07, 6.45) is -0.374. The molecule has 152 valence electrons. The van der Waals surface area contributed by atoms with Crippen molar-refractivity contribution in [2.24, 2.45) is 5.92 Å². The molecule has 2 aromatic rings. The van der Waals surface area contributed by atoms with Crippen LogP contribution >= 0.6 is 11.3 Å². The number of aryl methyl sites for hydroxylation is 1. The first kappa shape index (κ1) is 19.2. The molecule has 0 spiro atoms. The summed E-state index contributed by atoms with van der Waals surface area (Å²) < 4.78 is 33.9. The van der Waals surface area contributed by atoms with Gasteiger partial charge in [-0.25, -0.2) is 13.5 Å². The average molecular weight is 410 g/mol. The molecule has 2 aliphatic rings. The van der Waals surface area contributed by atoms with E-state index in [0.29, 0.717) is 35.3 Å². The first-order valence-corrected chi connectivity index (χ1v) is 10.3. The van der Waals surface area contributed by atoms with Gasteiger partial charge < -0.3 is 15.0 Å². The van der Waals surface area contributed by atoms with E-state index in [9.17, 15) is 13.6 Å². The Bertz CT molecular complexity index is 853. The Kier molecular flexibility index (Phi) is 5.27. The third-order valence-electron chi connectivity index (χ3n) is 5.60. The number of methoxy groups -OCH3 is 1. The number of aromatic nitrogens is 2. The molecule has 0 radical (unpaired) electrons. The van der Waals surface area contributed by atoms with Crippen LogP contribution in [0.15, 0.2) is 18.2 Å². The maximum Gasteiger partial charge on any atom is 0.264 e. The number of nitrogens with zero attached hydrogens (tertiary/aromatic N) is 3. The van der Waals surface area contributed by atoms with Crippen molar-refractivity contribution in [3.05, 3.63) is 28.8 Å². The molecule has 3 atom stereocenters. The maximum atomic E-state index is 13.6. The van der Waals surface area contributed by atoms with E-state index in [1.807, 2.05) is 11.0 Å². The molecule has 0 unspecified atom stereocenters. The van der Waals surface area contributed by atoms with Crippen molar-refractivity contribution < 1.29 is 18.3 Å². The number of rotatable bonds is 4. The number of likely N-dealkylation sites (tertiary alicyclic amines) is 1. The Balaban J connectivity index is 1.49. The van der Waals surface area contributed by atoms with Crippen LogP contribution in [0.5, 0.6) is 5.06 Å². The minimum Gasteiger partial charge on any atom is -0.487 e. The SMILES string of the molecule is COc1ccc(C(=O)N2CCC[C@@H]([C@@H]3C[C@H](C(F)F)n4nc(C)cc4N3)C2)s1. The molecular formula is C19H24F2N4O2S. The fourth-order valence-corrected chi connectivity index (χ4v) is 5.02. The highest BCUT2D eigenvalue weighted by Gasteiger charge is 2.39. The average Bonchev–Trinajstić information content (AvgIpc) is 3.32. The second-order valence-corrected chi connectivity index (χ2v) is 8.53. The van der Waals surface area contributed by atoms with Crippen LogP contribution in [0.1, 0.15) is 40.7 Å². The van der Waals surface area contributed by atoms with Crippen molar-refractivity contribution in [3.63, 3.8) is 0 Å². The molecule has 2 aromatic heterocycles. The number of fused-ring (bicyclic) bond motifs is 1. The van der Waals surface area contributed by atoms with Crippen LogP contribution in [-0.2, 0) is 0 Å². The van der Waals surface area contributed by atoms with Crippen LogP contribution in [0.3, 0.4) is 0 Å². The molecule has 1 fully saturated rings. The third-order valence-corrected chi connectivity index (χ3v) is 6.63. The van der Waals surface area contributed by atoms with E-state index in [1.54, 1.807) is 26.2 Å². The van der Waals surface area contributed by atoms with Gasteiger partial charge in [-0.05, 0) is 44.2 Å². The number of thiophene rings is 1. The van der Waals surface area contributed by atoms with Gasteiger partial charge in [-0.2, -0.15) is 5.10 Å². The minimum absolute atomic E-state index is 0.0138. The zero-order valence-corrected chi connectivity index (χ0v) is 16.7. The highest BCUT2D eigenvalue weighted by atomic mass is 32.1. The van der Waals surface area contributed by atoms with Gasteiger partial charge in [0.15, 0.2) is 5.06 Å². The van der Waals surface area contributed by atoms with Crippen molar-refractivity contribution in [2.75, 3.05) is 25.5 Å². The normalized spacial score (nSPS) is 24.8. The number of carbonyl (C=O) groups is 1. The monoisotopic (exact) mass is 410 g/mol. The number of carbonyl (C=O) groups excluding carboxylic acids is 1. The Hall–Kier alpha value is -2.16. The van der Waals surface area contributed by atoms with Gasteiger partial charge in [0.25, 0.3) is 12.3 Å². The largest absolute Gasteiger partial charge is 0.487 e. The number of hydrogen-bond donors (Lipinski definition) is 1. The maximum absolute atomic E-state index is 13.6. The molecule has 28 heavy (non-hydrogen) atoms. The summed E-state index contributed by atoms with van der Waals surface area (Å²) in [7, 11) is 1.58. The molecule has 0 aliphatic carbocycles. The Labute approximate surface area is 166 Å². The van der Waals surface area contributed by atoms with Gasteiger partial charge in [-0.15, -0.1) is 0 Å². The van der Waals surface area contributed by atoms with Gasteiger partial charge in [0.05, 0.1) is 17.7 Å². The zero-order valence-electron chi connectivity index (χ0n) is 15.9. The van der Waals surface area contributed by atoms with Gasteiger partial charge in [0.1, 0.15) is 11.9 Å². The summed E-state index contributed by atoms with van der Waals surface area (Å²) in [6.45, 7) is 3.07. The molecular weight excluding hydrogens is 386 g/mol. The van der Waals surface area contributed by atoms with Crippen molar-refractivity contribution in [2.45, 2.75) is 44.7 Å². The van der Waals surface area contributed by atoms with Crippen LogP contribution in [0.4, 0.5) is 14.6 Å². The van der Waals surface area contributed by atoms with Crippen LogP contribution in [0.2, 0.25) is 0 Å². The van der Waals surface area contributed by atoms with Crippen LogP contribution in [0, 0.1) is 12.8 Å². The lowest BCUT2D eigenvalue weighted by Gasteiger charge is -2.41. The van der Waals surface area contributed by atoms with Gasteiger partial charge >= 0.3 is 0 Å². The highest BCUT2D eigenvalue weighted by molar-refractivity contribution is 7.15. The van der Waals surface area contributed by atoms with Crippen LogP contribution in [-0.4, -0.2) is 53.3 Å². The van der Waals surface area contributed by atoms with Crippen molar-refractivity contribution in [3.8, 4) is 5.06 Å². The number of halogens is 2. The topological polar surface area (TPSA) is 59.4 Å². The van der Waals surface area contributed by atoms with E-state index in [1.165, 1.54) is 16.0 Å². The van der Waals surface area contributed by atoms with Crippen LogP contribution in [0.25, 0.3) is 0 Å². The Morgan fingerprint density at radius 3 is 2.96 bits per heavy atom. The fourth-order valence-electron chi connectivity index (χ4n) is 4.23. The molecule has 4 rings (SSSR count). The second-order valence-electron chi connectivity index (χ2n) is 7.48. The van der Waals surface area contributed by atoms with E-state index in [4.69, 9.17) is 4.74 Å². The molecule has 2 aliphatic heterocycles. The summed E-state index contributed by atoms with van der Waals surface area (Å²) in [5, 5.41) is 8.33. The minimum atomic E-state index is -2.47. The van der Waals surface area contributed by atoms with E-state index in [-0.39, 0.29) is 17.9 Å². The van der Waals surface area contributed by atoms with E-state index < -0.39 is 12.5 Å². The lowest BCUT2D eigenvalue weighted by Crippen LogP contribution is -2.48. The number of nitrogens with one attached hydrogen (secondary N) is 1. The molecule has 4 heterocycles. The molecule has 0 saturated carbocycles. The molecule has 0 bridgehead atoms. The van der Waals surface area contributed by atoms with Gasteiger partial charge in [0, 0.05) is 25.2 Å². The van der Waals surface area contributed by atoms with E-state index >= 15 is 0 Å². The number of ether oxygens (including phenoxy) is 1. The summed E-state index contributed by atoms with van der Waals surface area (Å²) in [6, 6.07) is 4.35. The Morgan fingerprint density at radius 1 is 1.43 bits per heavy atom. The van der Waals surface area contributed by atoms with Gasteiger partial charge in [-0.1, -0.05) is 11.3 Å². The third kappa shape index (κ3) is 3.59. The zero-order chi connectivity index (χ0) is 19.8. The molecule has 1 amide bonds. The summed E-state index contributed by atoms with van der Waals surface area (Å²) >= 11 is 1.33. The first-order chi connectivity index (χ1) is 13.5. The van der Waals surface area contributed by atoms with Gasteiger partial charge in [0.2, 0.25) is 0 Å². The number of piperidine rings is 1. The lowest BCUT2D eigenvalue weighted by atomic mass is 9.86. The van der Waals surface area contributed by atoms with E-state index in [2.05, 4.69) is 10.4 Å². The molecule has 0 aromatic carbocycles. The smallest absolute Gasteiger partial charge is 0.264 e. The predicted molar refractivity (Wildman–Crippen MR) is 104 cm³/mol. The molecule has 6 nitrogen and oxygen atoms in total. The quantitative estimate of drug-likeness (QED) is 0.833. The van der Waals surface area contributed by atoms with Crippen LogP contribution < -0.4 is 10.1 Å². The lowest BCUT2D eigenvalue weighted by molar-refractivity contribution is 0.0507. The molecule has 9 heteroatoms. The van der Waals surface area contributed by atoms with Crippen molar-refractivity contribution >= 4 is 23.1 Å². The van der Waals surface area contributed by atoms with Crippen molar-refractivity contribution in [1.82, 2.24) is 14.7 Å². The second kappa shape index (κ2) is 7.69. The number of hydrogen-bond acceptors (Lipinski definition) is 5. The number of amides is 1. The fraction of sp³-hybridized carbons (Fsp3) is 0.579. The summed E-state index contributed by atoms with van der Waals surface area (Å²) in [5.74, 6) is 0.760. The van der Waals surface area contributed by atoms with E-state index in [0.717, 1.165) is 18.5 Å². The standard InChI is InChI=1S/C19H24F2N4O2S/c1-11-8-16-22-13(9-14(18(20)21)25(16)23-11)12-4-3-7-24(10-12)19(26)15-5-6-17(27-2)28-15/h5-6,8,12-14,18,22H,3-4,7,9-10H2,1-2H3/t12-,13+,14-/m1/s1. The highest BCUT2D eigenvalue weighted by Crippen LogP contribution is 2.37. The summed E-state index contributed by atoms with van der Waals surface area (Å²) in [4.78, 5) is 15.3. The molecule has 1 saturated heterocycles. The van der Waals surface area contributed by atoms with Crippen molar-refractivity contribution in [1.29, 1.82) is 0 Å². The first-order valence-electron chi connectivity index (χ1n) is 9.50. The van der Waals surface area contributed by atoms with Gasteiger partial charge in [-0.3, -0.25) is 4.79 Å². The number of alkyl halides is 2. The molecule has 1 N–H and O–H groups in total. The summed E-state index contributed by atoms with van der Waals surface area (Å²) in [5.41, 5.74) is 0.723. The Morgan fingerprint density at radius 2 is 2.25 bits per heavy atom.